The van der Waals surface area contributed by atoms with Crippen LogP contribution in [0.2, 0.25) is 4.82 Å². The summed E-state index contributed by atoms with van der Waals surface area (Å²) >= 11 is 0.440. The summed E-state index contributed by atoms with van der Waals surface area (Å²) < 4.78 is 6.95. The second-order valence-corrected chi connectivity index (χ2v) is 7.57. The molecule has 0 bridgehead atoms. The van der Waals surface area contributed by atoms with Crippen molar-refractivity contribution in [3.63, 3.8) is 0 Å². The van der Waals surface area contributed by atoms with E-state index in [0.29, 0.717) is 32.1 Å². The first-order valence-electron chi connectivity index (χ1n) is 6.24. The van der Waals surface area contributed by atoms with Crippen LogP contribution >= 0.6 is 0 Å². The van der Waals surface area contributed by atoms with Crippen molar-refractivity contribution in [1.82, 2.24) is 0 Å². The van der Waals surface area contributed by atoms with E-state index in [1.165, 1.54) is 23.7 Å². The number of rotatable bonds is 2. The first kappa shape index (κ1) is 11.3. The summed E-state index contributed by atoms with van der Waals surface area (Å²) in [4.78, 5) is 12.0. The molecule has 1 aliphatic carbocycles. The van der Waals surface area contributed by atoms with E-state index in [1.807, 2.05) is 0 Å². The molecule has 1 aliphatic heterocycles. The summed E-state index contributed by atoms with van der Waals surface area (Å²) in [6, 6.07) is 10.6. The van der Waals surface area contributed by atoms with E-state index in [2.05, 4.69) is 30.3 Å². The number of esters is 1. The molecule has 0 amide bonds. The van der Waals surface area contributed by atoms with Gasteiger partial charge < -0.3 is 0 Å². The Morgan fingerprint density at radius 3 is 2.82 bits per heavy atom. The zero-order chi connectivity index (χ0) is 11.7. The molecule has 0 aromatic heterocycles. The standard InChI is InChI=1S/C14H16O2Se/c15-13-9-10-5-4-8-12(14(10)16-13)17-11-6-2-1-3-7-11/h1-3,6-7,10,12,14H,4-5,8-9H2/t10-,12+,14+/m0/s1. The predicted molar refractivity (Wildman–Crippen MR) is 67.4 cm³/mol. The number of ether oxygens (including phenoxy) is 1. The van der Waals surface area contributed by atoms with Crippen molar-refractivity contribution in [2.24, 2.45) is 5.92 Å². The fourth-order valence-electron chi connectivity index (χ4n) is 2.82. The summed E-state index contributed by atoms with van der Waals surface area (Å²) in [5, 5.41) is 0. The normalized spacial score (nSPS) is 32.0. The zero-order valence-corrected chi connectivity index (χ0v) is 11.4. The minimum absolute atomic E-state index is 0.0239. The molecule has 3 heteroatoms. The number of hydrogen-bond acceptors (Lipinski definition) is 2. The summed E-state index contributed by atoms with van der Waals surface area (Å²) in [6.45, 7) is 0. The van der Waals surface area contributed by atoms with E-state index in [9.17, 15) is 4.79 Å². The second kappa shape index (κ2) is 4.83. The maximum atomic E-state index is 11.4. The molecule has 3 rings (SSSR count). The fraction of sp³-hybridized carbons (Fsp3) is 0.500. The van der Waals surface area contributed by atoms with Crippen molar-refractivity contribution in [3.05, 3.63) is 30.3 Å². The van der Waals surface area contributed by atoms with E-state index in [0.717, 1.165) is 0 Å². The molecule has 17 heavy (non-hydrogen) atoms. The van der Waals surface area contributed by atoms with Crippen LogP contribution in [-0.2, 0) is 9.53 Å². The van der Waals surface area contributed by atoms with Crippen LogP contribution in [0.1, 0.15) is 25.7 Å². The Morgan fingerprint density at radius 1 is 1.18 bits per heavy atom. The van der Waals surface area contributed by atoms with E-state index in [-0.39, 0.29) is 12.1 Å². The van der Waals surface area contributed by atoms with Crippen molar-refractivity contribution < 1.29 is 9.53 Å². The Labute approximate surface area is 108 Å². The number of benzene rings is 1. The van der Waals surface area contributed by atoms with Crippen LogP contribution in [0.25, 0.3) is 0 Å². The van der Waals surface area contributed by atoms with Crippen molar-refractivity contribution in [1.29, 1.82) is 0 Å². The Bertz CT molecular complexity index is 404. The topological polar surface area (TPSA) is 26.3 Å². The first-order chi connectivity index (χ1) is 8.33. The fourth-order valence-corrected chi connectivity index (χ4v) is 5.67. The van der Waals surface area contributed by atoms with Crippen molar-refractivity contribution in [3.8, 4) is 0 Å². The van der Waals surface area contributed by atoms with Gasteiger partial charge in [0.05, 0.1) is 0 Å². The van der Waals surface area contributed by atoms with Crippen LogP contribution in [-0.4, -0.2) is 27.0 Å². The van der Waals surface area contributed by atoms with Gasteiger partial charge in [-0.1, -0.05) is 0 Å². The molecule has 2 fully saturated rings. The van der Waals surface area contributed by atoms with Gasteiger partial charge in [-0.15, -0.1) is 0 Å². The summed E-state index contributed by atoms with van der Waals surface area (Å²) in [5.41, 5.74) is 0. The van der Waals surface area contributed by atoms with Gasteiger partial charge in [0.2, 0.25) is 0 Å². The molecule has 1 aromatic carbocycles. The second-order valence-electron chi connectivity index (χ2n) is 4.82. The molecule has 2 aliphatic rings. The van der Waals surface area contributed by atoms with Gasteiger partial charge in [0.15, 0.2) is 0 Å². The number of carbonyl (C=O) groups excluding carboxylic acids is 1. The van der Waals surface area contributed by atoms with Gasteiger partial charge in [-0.3, -0.25) is 0 Å². The number of hydrogen-bond donors (Lipinski definition) is 0. The Hall–Kier alpha value is -0.791. The Morgan fingerprint density at radius 2 is 2.00 bits per heavy atom. The van der Waals surface area contributed by atoms with Crippen LogP contribution in [0.4, 0.5) is 0 Å². The van der Waals surface area contributed by atoms with E-state index in [1.54, 1.807) is 0 Å². The van der Waals surface area contributed by atoms with Crippen molar-refractivity contribution >= 4 is 25.4 Å². The molecule has 90 valence electrons. The SMILES string of the molecule is O=C1C[C@@H]2CCC[C@@H]([Se]c3ccccc3)[C@@H]2O1. The molecule has 1 aromatic rings. The van der Waals surface area contributed by atoms with Crippen molar-refractivity contribution in [2.75, 3.05) is 0 Å². The van der Waals surface area contributed by atoms with Crippen LogP contribution in [0.15, 0.2) is 30.3 Å². The van der Waals surface area contributed by atoms with E-state index in [4.69, 9.17) is 4.74 Å². The average Bonchev–Trinajstić information content (AvgIpc) is 2.72. The number of carbonyl (C=O) groups is 1. The van der Waals surface area contributed by atoms with Crippen molar-refractivity contribution in [2.45, 2.75) is 36.6 Å². The maximum absolute atomic E-state index is 11.4. The van der Waals surface area contributed by atoms with Crippen LogP contribution in [0.5, 0.6) is 0 Å². The van der Waals surface area contributed by atoms with Gasteiger partial charge in [0.1, 0.15) is 0 Å². The zero-order valence-electron chi connectivity index (χ0n) is 9.67. The number of fused-ring (bicyclic) bond motifs is 1. The molecule has 0 radical (unpaired) electrons. The van der Waals surface area contributed by atoms with Gasteiger partial charge in [0.25, 0.3) is 0 Å². The van der Waals surface area contributed by atoms with Gasteiger partial charge in [0, 0.05) is 0 Å². The molecule has 2 nitrogen and oxygen atoms in total. The first-order valence-corrected chi connectivity index (χ1v) is 8.09. The molecule has 1 saturated heterocycles. The summed E-state index contributed by atoms with van der Waals surface area (Å²) in [6.07, 6.45) is 4.54. The molecule has 0 N–H and O–H groups in total. The Balaban J connectivity index is 1.72. The van der Waals surface area contributed by atoms with Gasteiger partial charge in [-0.05, 0) is 0 Å². The van der Waals surface area contributed by atoms with Gasteiger partial charge >= 0.3 is 108 Å². The summed E-state index contributed by atoms with van der Waals surface area (Å²) in [7, 11) is 0. The van der Waals surface area contributed by atoms with E-state index >= 15 is 0 Å². The molecule has 0 spiro atoms. The Kier molecular flexibility index (Phi) is 3.21. The monoisotopic (exact) mass is 296 g/mol. The van der Waals surface area contributed by atoms with Gasteiger partial charge in [-0.2, -0.15) is 0 Å². The summed E-state index contributed by atoms with van der Waals surface area (Å²) in [5.74, 6) is 0.530. The quantitative estimate of drug-likeness (QED) is 0.615. The van der Waals surface area contributed by atoms with E-state index < -0.39 is 0 Å². The van der Waals surface area contributed by atoms with Crippen LogP contribution in [0.3, 0.4) is 0 Å². The average molecular weight is 295 g/mol. The predicted octanol–water partition coefficient (Wildman–Crippen LogP) is 1.92. The minimum atomic E-state index is 0.0239. The molecule has 0 unspecified atom stereocenters. The third kappa shape index (κ3) is 2.41. The molecule has 1 heterocycles. The molecule has 3 atom stereocenters. The van der Waals surface area contributed by atoms with Crippen LogP contribution in [0, 0.1) is 5.92 Å². The molecular formula is C14H16O2Se. The molecular weight excluding hydrogens is 279 g/mol. The third-order valence-electron chi connectivity index (χ3n) is 3.62. The third-order valence-corrected chi connectivity index (χ3v) is 6.46. The molecule has 1 saturated carbocycles. The van der Waals surface area contributed by atoms with Crippen LogP contribution < -0.4 is 4.46 Å². The van der Waals surface area contributed by atoms with Gasteiger partial charge in [-0.25, -0.2) is 0 Å².